The van der Waals surface area contributed by atoms with Crippen molar-refractivity contribution in [3.63, 3.8) is 0 Å². The van der Waals surface area contributed by atoms with Gasteiger partial charge in [-0.1, -0.05) is 38.9 Å². The monoisotopic (exact) mass is 144 g/mol. The maximum atomic E-state index is 3.78. The smallest absolute Gasteiger partial charge is 0.0112 e. The Bertz CT molecular complexity index is 59.6. The quantitative estimate of drug-likeness (QED) is 0.396. The average Bonchev–Trinajstić information content (AvgIpc) is 1.89. The molecule has 0 saturated heterocycles. The van der Waals surface area contributed by atoms with Crippen LogP contribution in [-0.2, 0) is 0 Å². The van der Waals surface area contributed by atoms with Crippen LogP contribution in [0.3, 0.4) is 0 Å². The summed E-state index contributed by atoms with van der Waals surface area (Å²) >= 11 is 0. The number of unbranched alkanes of at least 4 members (excludes halogenated alkanes) is 4. The van der Waals surface area contributed by atoms with Crippen molar-refractivity contribution >= 4 is 14.5 Å². The van der Waals surface area contributed by atoms with E-state index in [2.05, 4.69) is 13.2 Å². The van der Waals surface area contributed by atoms with E-state index in [1.165, 1.54) is 46.5 Å². The first-order chi connectivity index (χ1) is 4.41. The van der Waals surface area contributed by atoms with Gasteiger partial charge in [-0.15, -0.1) is 8.20 Å². The normalized spacial score (nSPS) is 10.3. The standard InChI is InChI=1S/C8H17P/c1-3-4-5-6-7-8-9-2/h2-8H2,1H3. The molecule has 9 heavy (non-hydrogen) atoms. The molecule has 0 saturated carbocycles. The second-order valence-corrected chi connectivity index (χ2v) is 3.26. The molecule has 0 fully saturated rings. The highest BCUT2D eigenvalue weighted by atomic mass is 31.1. The minimum absolute atomic E-state index is 1.30. The minimum Gasteiger partial charge on any atom is -0.112 e. The molecule has 0 aliphatic heterocycles. The zero-order valence-electron chi connectivity index (χ0n) is 6.40. The van der Waals surface area contributed by atoms with Crippen molar-refractivity contribution in [2.75, 3.05) is 6.16 Å². The molecule has 0 nitrogen and oxygen atoms in total. The third-order valence-electron chi connectivity index (χ3n) is 1.42. The van der Waals surface area contributed by atoms with Gasteiger partial charge < -0.3 is 0 Å². The van der Waals surface area contributed by atoms with Crippen LogP contribution in [-0.4, -0.2) is 12.5 Å². The molecule has 0 heterocycles. The number of hydrogen-bond donors (Lipinski definition) is 0. The SMILES string of the molecule is C=PCCCCCCC. The van der Waals surface area contributed by atoms with Crippen molar-refractivity contribution in [2.24, 2.45) is 0 Å². The lowest BCUT2D eigenvalue weighted by molar-refractivity contribution is 0.659. The lowest BCUT2D eigenvalue weighted by Gasteiger charge is -1.94. The highest BCUT2D eigenvalue weighted by Gasteiger charge is 1.84. The Morgan fingerprint density at radius 2 is 1.78 bits per heavy atom. The average molecular weight is 144 g/mol. The van der Waals surface area contributed by atoms with Crippen LogP contribution in [0.1, 0.15) is 39.0 Å². The van der Waals surface area contributed by atoms with E-state index in [1.54, 1.807) is 0 Å². The molecule has 0 N–H and O–H groups in total. The van der Waals surface area contributed by atoms with E-state index in [0.29, 0.717) is 0 Å². The maximum Gasteiger partial charge on any atom is -0.0112 e. The van der Waals surface area contributed by atoms with E-state index < -0.39 is 0 Å². The summed E-state index contributed by atoms with van der Waals surface area (Å²) in [5, 5.41) is 0. The Balaban J connectivity index is 2.66. The predicted molar refractivity (Wildman–Crippen MR) is 47.7 cm³/mol. The predicted octanol–water partition coefficient (Wildman–Crippen LogP) is 3.34. The molecule has 0 spiro atoms. The summed E-state index contributed by atoms with van der Waals surface area (Å²) in [5.41, 5.74) is 0. The minimum atomic E-state index is 1.30. The summed E-state index contributed by atoms with van der Waals surface area (Å²) in [6, 6.07) is 0. The molecule has 0 radical (unpaired) electrons. The van der Waals surface area contributed by atoms with Gasteiger partial charge in [-0.2, -0.15) is 0 Å². The summed E-state index contributed by atoms with van der Waals surface area (Å²) in [6.45, 7) is 2.25. The molecule has 0 aromatic heterocycles. The second-order valence-electron chi connectivity index (χ2n) is 2.36. The first-order valence-electron chi connectivity index (χ1n) is 3.84. The molecular formula is C8H17P. The highest BCUT2D eigenvalue weighted by Crippen LogP contribution is 2.05. The first kappa shape index (κ1) is 9.17. The Morgan fingerprint density at radius 1 is 1.11 bits per heavy atom. The van der Waals surface area contributed by atoms with Gasteiger partial charge in [0.05, 0.1) is 0 Å². The lowest BCUT2D eigenvalue weighted by atomic mass is 10.2. The van der Waals surface area contributed by atoms with E-state index in [9.17, 15) is 0 Å². The molecule has 0 unspecified atom stereocenters. The molecule has 0 aromatic carbocycles. The van der Waals surface area contributed by atoms with Crippen LogP contribution >= 0.6 is 8.20 Å². The van der Waals surface area contributed by atoms with Crippen molar-refractivity contribution < 1.29 is 0 Å². The van der Waals surface area contributed by atoms with Gasteiger partial charge in [0.15, 0.2) is 0 Å². The van der Waals surface area contributed by atoms with E-state index in [0.717, 1.165) is 0 Å². The van der Waals surface area contributed by atoms with Gasteiger partial charge >= 0.3 is 0 Å². The second kappa shape index (κ2) is 8.17. The van der Waals surface area contributed by atoms with Crippen LogP contribution in [0.25, 0.3) is 0 Å². The van der Waals surface area contributed by atoms with Gasteiger partial charge in [0.2, 0.25) is 0 Å². The molecule has 0 aliphatic rings. The topological polar surface area (TPSA) is 0 Å². The van der Waals surface area contributed by atoms with Crippen LogP contribution in [0.2, 0.25) is 0 Å². The third-order valence-corrected chi connectivity index (χ3v) is 2.05. The van der Waals surface area contributed by atoms with Crippen LogP contribution in [0.15, 0.2) is 0 Å². The lowest BCUT2D eigenvalue weighted by Crippen LogP contribution is -1.77. The van der Waals surface area contributed by atoms with Crippen LogP contribution < -0.4 is 0 Å². The summed E-state index contributed by atoms with van der Waals surface area (Å²) in [6.07, 6.45) is 12.0. The van der Waals surface area contributed by atoms with Gasteiger partial charge in [-0.25, -0.2) is 0 Å². The van der Waals surface area contributed by atoms with E-state index in [4.69, 9.17) is 0 Å². The Hall–Kier alpha value is 0.170. The summed E-state index contributed by atoms with van der Waals surface area (Å²) in [7, 11) is 1.31. The Morgan fingerprint density at radius 3 is 2.33 bits per heavy atom. The highest BCUT2D eigenvalue weighted by molar-refractivity contribution is 7.36. The Labute approximate surface area is 60.5 Å². The molecule has 0 bridgehead atoms. The van der Waals surface area contributed by atoms with Gasteiger partial charge in [0.25, 0.3) is 0 Å². The molecule has 1 heteroatoms. The summed E-state index contributed by atoms with van der Waals surface area (Å²) in [4.78, 5) is 0. The number of rotatable bonds is 6. The molecule has 0 amide bonds. The summed E-state index contributed by atoms with van der Waals surface area (Å²) < 4.78 is 0. The van der Waals surface area contributed by atoms with Crippen LogP contribution in [0, 0.1) is 0 Å². The first-order valence-corrected chi connectivity index (χ1v) is 5.10. The van der Waals surface area contributed by atoms with E-state index >= 15 is 0 Å². The molecule has 0 aliphatic carbocycles. The number of hydrogen-bond acceptors (Lipinski definition) is 0. The van der Waals surface area contributed by atoms with Crippen molar-refractivity contribution in [3.8, 4) is 0 Å². The van der Waals surface area contributed by atoms with Crippen molar-refractivity contribution in [1.82, 2.24) is 0 Å². The van der Waals surface area contributed by atoms with Crippen LogP contribution in [0.4, 0.5) is 0 Å². The van der Waals surface area contributed by atoms with Crippen molar-refractivity contribution in [3.05, 3.63) is 0 Å². The summed E-state index contributed by atoms with van der Waals surface area (Å²) in [5.74, 6) is 0. The van der Waals surface area contributed by atoms with Gasteiger partial charge in [-0.05, 0) is 12.6 Å². The van der Waals surface area contributed by atoms with Gasteiger partial charge in [-0.3, -0.25) is 0 Å². The fourth-order valence-corrected chi connectivity index (χ4v) is 1.27. The molecule has 0 aromatic rings. The van der Waals surface area contributed by atoms with E-state index in [-0.39, 0.29) is 0 Å². The Kier molecular flexibility index (Phi) is 8.32. The third kappa shape index (κ3) is 8.17. The fourth-order valence-electron chi connectivity index (χ4n) is 0.827. The fraction of sp³-hybridized carbons (Fsp3) is 0.875. The van der Waals surface area contributed by atoms with Gasteiger partial charge in [0, 0.05) is 0 Å². The zero-order valence-corrected chi connectivity index (χ0v) is 7.29. The zero-order chi connectivity index (χ0) is 6.95. The van der Waals surface area contributed by atoms with Gasteiger partial charge in [0.1, 0.15) is 0 Å². The molecule has 54 valence electrons. The largest absolute Gasteiger partial charge is 0.112 e. The molecule has 0 atom stereocenters. The molecular weight excluding hydrogens is 127 g/mol. The van der Waals surface area contributed by atoms with E-state index in [1.807, 2.05) is 0 Å². The van der Waals surface area contributed by atoms with Crippen LogP contribution in [0.5, 0.6) is 0 Å². The van der Waals surface area contributed by atoms with Crippen molar-refractivity contribution in [2.45, 2.75) is 39.0 Å². The molecule has 0 rings (SSSR count). The van der Waals surface area contributed by atoms with Crippen molar-refractivity contribution in [1.29, 1.82) is 0 Å². The maximum absolute atomic E-state index is 3.78.